The minimum Gasteiger partial charge on any atom is -0.479 e. The van der Waals surface area contributed by atoms with E-state index in [1.54, 1.807) is 24.3 Å². The number of carboxylic acid groups (broad SMARTS) is 1. The minimum absolute atomic E-state index is 0.312. The number of nitrogens with zero attached hydrogens (tertiary/aromatic N) is 1. The van der Waals surface area contributed by atoms with Gasteiger partial charge in [0.1, 0.15) is 11.6 Å². The number of hydrogen-bond donors (Lipinski definition) is 1. The maximum absolute atomic E-state index is 13.3. The number of aliphatic carboxylic acids is 1. The second-order valence-electron chi connectivity index (χ2n) is 5.71. The molecule has 0 bridgehead atoms. The van der Waals surface area contributed by atoms with Crippen molar-refractivity contribution in [3.63, 3.8) is 0 Å². The summed E-state index contributed by atoms with van der Waals surface area (Å²) in [6.45, 7) is 3.30. The molecule has 1 N–H and O–H groups in total. The number of aromatic nitrogens is 1. The molecule has 0 saturated heterocycles. The Morgan fingerprint density at radius 2 is 1.96 bits per heavy atom. The SMILES string of the molecule is Cc1cc(-c2ccc(F)cc2Cl)c2ccc(O[C@H](C)C(=O)O)cc2n1. The van der Waals surface area contributed by atoms with Crippen molar-refractivity contribution in [1.29, 1.82) is 0 Å². The molecule has 0 unspecified atom stereocenters. The van der Waals surface area contributed by atoms with Crippen LogP contribution in [0.5, 0.6) is 5.75 Å². The second-order valence-corrected chi connectivity index (χ2v) is 6.12. The van der Waals surface area contributed by atoms with Gasteiger partial charge in [0, 0.05) is 22.7 Å². The van der Waals surface area contributed by atoms with Crippen LogP contribution in [0.3, 0.4) is 0 Å². The van der Waals surface area contributed by atoms with Gasteiger partial charge in [0.25, 0.3) is 0 Å². The lowest BCUT2D eigenvalue weighted by Gasteiger charge is -2.13. The van der Waals surface area contributed by atoms with Crippen molar-refractivity contribution in [1.82, 2.24) is 4.98 Å². The van der Waals surface area contributed by atoms with Gasteiger partial charge in [-0.15, -0.1) is 0 Å². The van der Waals surface area contributed by atoms with E-state index in [0.717, 1.165) is 16.6 Å². The Kier molecular flexibility index (Phi) is 4.59. The lowest BCUT2D eigenvalue weighted by molar-refractivity contribution is -0.144. The van der Waals surface area contributed by atoms with E-state index in [0.29, 0.717) is 21.9 Å². The van der Waals surface area contributed by atoms with E-state index >= 15 is 0 Å². The van der Waals surface area contributed by atoms with Crippen molar-refractivity contribution in [2.45, 2.75) is 20.0 Å². The van der Waals surface area contributed by atoms with Crippen LogP contribution in [0.4, 0.5) is 4.39 Å². The maximum atomic E-state index is 13.3. The molecule has 2 aromatic carbocycles. The van der Waals surface area contributed by atoms with Crippen molar-refractivity contribution in [3.05, 3.63) is 59.0 Å². The number of halogens is 2. The fourth-order valence-corrected chi connectivity index (χ4v) is 2.87. The van der Waals surface area contributed by atoms with Gasteiger partial charge in [-0.2, -0.15) is 0 Å². The summed E-state index contributed by atoms with van der Waals surface area (Å²) in [7, 11) is 0. The standard InChI is InChI=1S/C19H15ClFNO3/c1-10-7-16(14-5-3-12(21)8-17(14)20)15-6-4-13(9-18(15)22-10)25-11(2)19(23)24/h3-9,11H,1-2H3,(H,23,24)/t11-/m1/s1. The van der Waals surface area contributed by atoms with Crippen molar-refractivity contribution >= 4 is 28.5 Å². The third-order valence-corrected chi connectivity index (χ3v) is 4.10. The zero-order chi connectivity index (χ0) is 18.1. The third kappa shape index (κ3) is 3.56. The first-order chi connectivity index (χ1) is 11.8. The van der Waals surface area contributed by atoms with Gasteiger partial charge in [-0.25, -0.2) is 9.18 Å². The molecule has 3 aromatic rings. The molecule has 1 aromatic heterocycles. The molecule has 0 aliphatic heterocycles. The van der Waals surface area contributed by atoms with Crippen LogP contribution in [0.2, 0.25) is 5.02 Å². The highest BCUT2D eigenvalue weighted by atomic mass is 35.5. The Bertz CT molecular complexity index is 974. The fraction of sp³-hybridized carbons (Fsp3) is 0.158. The summed E-state index contributed by atoms with van der Waals surface area (Å²) in [5.41, 5.74) is 2.92. The number of hydrogen-bond acceptors (Lipinski definition) is 3. The topological polar surface area (TPSA) is 59.4 Å². The molecule has 0 fully saturated rings. The molecule has 0 amide bonds. The van der Waals surface area contributed by atoms with Crippen molar-refractivity contribution < 1.29 is 19.0 Å². The highest BCUT2D eigenvalue weighted by Crippen LogP contribution is 2.35. The molecule has 0 spiro atoms. The summed E-state index contributed by atoms with van der Waals surface area (Å²) in [4.78, 5) is 15.4. The third-order valence-electron chi connectivity index (χ3n) is 3.79. The normalized spacial score (nSPS) is 12.2. The number of carbonyl (C=O) groups is 1. The van der Waals surface area contributed by atoms with Crippen molar-refractivity contribution in [3.8, 4) is 16.9 Å². The highest BCUT2D eigenvalue weighted by molar-refractivity contribution is 6.33. The van der Waals surface area contributed by atoms with Crippen LogP contribution < -0.4 is 4.74 Å². The molecule has 4 nitrogen and oxygen atoms in total. The molecule has 0 aliphatic rings. The first-order valence-corrected chi connectivity index (χ1v) is 7.99. The molecule has 0 radical (unpaired) electrons. The summed E-state index contributed by atoms with van der Waals surface area (Å²) >= 11 is 6.20. The minimum atomic E-state index is -1.05. The molecular formula is C19H15ClFNO3. The van der Waals surface area contributed by atoms with E-state index in [4.69, 9.17) is 21.4 Å². The number of carboxylic acids is 1. The molecule has 1 heterocycles. The summed E-state index contributed by atoms with van der Waals surface area (Å²) < 4.78 is 18.7. The predicted octanol–water partition coefficient (Wildman–Crippen LogP) is 4.85. The molecular weight excluding hydrogens is 345 g/mol. The van der Waals surface area contributed by atoms with Crippen molar-refractivity contribution in [2.75, 3.05) is 0 Å². The van der Waals surface area contributed by atoms with Crippen LogP contribution in [0, 0.1) is 12.7 Å². The number of ether oxygens (including phenoxy) is 1. The molecule has 0 aliphatic carbocycles. The molecule has 3 rings (SSSR count). The smallest absolute Gasteiger partial charge is 0.344 e. The summed E-state index contributed by atoms with van der Waals surface area (Å²) in [6, 6.07) is 11.3. The lowest BCUT2D eigenvalue weighted by Crippen LogP contribution is -2.22. The molecule has 1 atom stereocenters. The summed E-state index contributed by atoms with van der Waals surface area (Å²) in [5.74, 6) is -1.03. The van der Waals surface area contributed by atoms with E-state index in [1.807, 2.05) is 13.0 Å². The fourth-order valence-electron chi connectivity index (χ4n) is 2.60. The second kappa shape index (κ2) is 6.69. The molecule has 6 heteroatoms. The quantitative estimate of drug-likeness (QED) is 0.723. The van der Waals surface area contributed by atoms with E-state index in [-0.39, 0.29) is 0 Å². The Balaban J connectivity index is 2.13. The number of benzene rings is 2. The van der Waals surface area contributed by atoms with Gasteiger partial charge in [0.05, 0.1) is 10.5 Å². The van der Waals surface area contributed by atoms with Crippen LogP contribution in [0.1, 0.15) is 12.6 Å². The Morgan fingerprint density at radius 3 is 2.64 bits per heavy atom. The van der Waals surface area contributed by atoms with Crippen molar-refractivity contribution in [2.24, 2.45) is 0 Å². The van der Waals surface area contributed by atoms with Gasteiger partial charge in [-0.1, -0.05) is 11.6 Å². The summed E-state index contributed by atoms with van der Waals surface area (Å²) in [6.07, 6.45) is -0.965. The van der Waals surface area contributed by atoms with E-state index in [9.17, 15) is 9.18 Å². The van der Waals surface area contributed by atoms with Crippen LogP contribution >= 0.6 is 11.6 Å². The Morgan fingerprint density at radius 1 is 1.20 bits per heavy atom. The molecule has 0 saturated carbocycles. The molecule has 25 heavy (non-hydrogen) atoms. The van der Waals surface area contributed by atoms with E-state index in [2.05, 4.69) is 4.98 Å². The van der Waals surface area contributed by atoms with Crippen LogP contribution in [0.15, 0.2) is 42.5 Å². The Hall–Kier alpha value is -2.66. The highest BCUT2D eigenvalue weighted by Gasteiger charge is 2.15. The largest absolute Gasteiger partial charge is 0.479 e. The van der Waals surface area contributed by atoms with Crippen LogP contribution in [-0.4, -0.2) is 22.2 Å². The van der Waals surface area contributed by atoms with Crippen LogP contribution in [0.25, 0.3) is 22.0 Å². The Labute approximate surface area is 148 Å². The first kappa shape index (κ1) is 17.2. The zero-order valence-corrected chi connectivity index (χ0v) is 14.3. The average molecular weight is 360 g/mol. The number of rotatable bonds is 4. The zero-order valence-electron chi connectivity index (χ0n) is 13.6. The maximum Gasteiger partial charge on any atom is 0.344 e. The van der Waals surface area contributed by atoms with Crippen LogP contribution in [-0.2, 0) is 4.79 Å². The monoisotopic (exact) mass is 359 g/mol. The van der Waals surface area contributed by atoms with Gasteiger partial charge in [0.2, 0.25) is 0 Å². The number of aryl methyl sites for hydroxylation is 1. The van der Waals surface area contributed by atoms with Gasteiger partial charge in [-0.3, -0.25) is 4.98 Å². The number of fused-ring (bicyclic) bond motifs is 1. The van der Waals surface area contributed by atoms with E-state index < -0.39 is 17.9 Å². The predicted molar refractivity (Wildman–Crippen MR) is 94.6 cm³/mol. The van der Waals surface area contributed by atoms with Gasteiger partial charge >= 0.3 is 5.97 Å². The van der Waals surface area contributed by atoms with E-state index in [1.165, 1.54) is 19.1 Å². The molecule has 128 valence electrons. The van der Waals surface area contributed by atoms with Gasteiger partial charge < -0.3 is 9.84 Å². The number of pyridine rings is 1. The van der Waals surface area contributed by atoms with Gasteiger partial charge in [0.15, 0.2) is 6.10 Å². The lowest BCUT2D eigenvalue weighted by atomic mass is 10.00. The average Bonchev–Trinajstić information content (AvgIpc) is 2.53. The first-order valence-electron chi connectivity index (χ1n) is 7.61. The summed E-state index contributed by atoms with van der Waals surface area (Å²) in [5, 5.41) is 10.1. The van der Waals surface area contributed by atoms with Gasteiger partial charge in [-0.05, 0) is 55.8 Å².